The lowest BCUT2D eigenvalue weighted by Crippen LogP contribution is -2.02. The highest BCUT2D eigenvalue weighted by atomic mass is 16.5. The summed E-state index contributed by atoms with van der Waals surface area (Å²) in [6, 6.07) is 5.56. The summed E-state index contributed by atoms with van der Waals surface area (Å²) in [7, 11) is 0. The largest absolute Gasteiger partial charge is 0.490 e. The number of hydrogen-bond donors (Lipinski definition) is 1. The molecule has 0 fully saturated rings. The first-order valence-electron chi connectivity index (χ1n) is 6.66. The van der Waals surface area contributed by atoms with Gasteiger partial charge in [-0.25, -0.2) is 0 Å². The maximum Gasteiger partial charge on any atom is 0.161 e. The lowest BCUT2D eigenvalue weighted by atomic mass is 10.1. The van der Waals surface area contributed by atoms with Crippen LogP contribution in [0.4, 0.5) is 0 Å². The number of hydrogen-bond acceptors (Lipinski definition) is 3. The Hall–Kier alpha value is -1.22. The zero-order valence-electron chi connectivity index (χ0n) is 11.6. The van der Waals surface area contributed by atoms with Gasteiger partial charge >= 0.3 is 0 Å². The van der Waals surface area contributed by atoms with E-state index >= 15 is 0 Å². The zero-order valence-corrected chi connectivity index (χ0v) is 11.6. The maximum atomic E-state index is 9.10. The molecule has 0 bridgehead atoms. The predicted molar refractivity (Wildman–Crippen MR) is 73.1 cm³/mol. The van der Waals surface area contributed by atoms with Crippen molar-refractivity contribution in [3.63, 3.8) is 0 Å². The van der Waals surface area contributed by atoms with Crippen molar-refractivity contribution in [2.24, 2.45) is 5.92 Å². The van der Waals surface area contributed by atoms with Crippen LogP contribution >= 0.6 is 0 Å². The Kier molecular flexibility index (Phi) is 6.58. The molecular formula is C15H24O3. The van der Waals surface area contributed by atoms with Crippen molar-refractivity contribution in [1.82, 2.24) is 0 Å². The highest BCUT2D eigenvalue weighted by Gasteiger charge is 2.06. The van der Waals surface area contributed by atoms with Gasteiger partial charge in [-0.1, -0.05) is 19.9 Å². The number of benzene rings is 1. The van der Waals surface area contributed by atoms with Crippen LogP contribution in [0.5, 0.6) is 11.5 Å². The van der Waals surface area contributed by atoms with Crippen LogP contribution < -0.4 is 9.47 Å². The summed E-state index contributed by atoms with van der Waals surface area (Å²) < 4.78 is 11.3. The van der Waals surface area contributed by atoms with E-state index in [4.69, 9.17) is 14.6 Å². The number of ether oxygens (including phenoxy) is 2. The van der Waals surface area contributed by atoms with Gasteiger partial charge in [0.25, 0.3) is 0 Å². The zero-order chi connectivity index (χ0) is 13.4. The van der Waals surface area contributed by atoms with Gasteiger partial charge in [0.05, 0.1) is 19.8 Å². The predicted octanol–water partition coefficient (Wildman–Crippen LogP) is 3.39. The molecule has 3 heteroatoms. The van der Waals surface area contributed by atoms with Gasteiger partial charge in [-0.15, -0.1) is 0 Å². The molecule has 1 rings (SSSR count). The molecule has 3 nitrogen and oxygen atoms in total. The standard InChI is InChI=1S/C15H24O3/c1-4-17-15-10-13(11-16)7-8-14(15)18-9-5-6-12(2)3/h7-8,10,12,16H,4-6,9,11H2,1-3H3. The second-order valence-corrected chi connectivity index (χ2v) is 4.76. The average Bonchev–Trinajstić information content (AvgIpc) is 2.36. The van der Waals surface area contributed by atoms with Gasteiger partial charge in [0, 0.05) is 0 Å². The van der Waals surface area contributed by atoms with Crippen molar-refractivity contribution in [1.29, 1.82) is 0 Å². The van der Waals surface area contributed by atoms with E-state index in [1.807, 2.05) is 25.1 Å². The van der Waals surface area contributed by atoms with Crippen molar-refractivity contribution in [3.05, 3.63) is 23.8 Å². The third-order valence-electron chi connectivity index (χ3n) is 2.67. The number of aliphatic hydroxyl groups is 1. The van der Waals surface area contributed by atoms with Crippen molar-refractivity contribution in [2.75, 3.05) is 13.2 Å². The fourth-order valence-electron chi connectivity index (χ4n) is 1.71. The minimum absolute atomic E-state index is 0.0215. The van der Waals surface area contributed by atoms with Crippen molar-refractivity contribution >= 4 is 0 Å². The van der Waals surface area contributed by atoms with Crippen LogP contribution in [-0.4, -0.2) is 18.3 Å². The van der Waals surface area contributed by atoms with E-state index < -0.39 is 0 Å². The molecule has 0 radical (unpaired) electrons. The summed E-state index contributed by atoms with van der Waals surface area (Å²) in [4.78, 5) is 0. The molecule has 0 unspecified atom stereocenters. The lowest BCUT2D eigenvalue weighted by molar-refractivity contribution is 0.262. The second kappa shape index (κ2) is 7.98. The molecule has 0 saturated heterocycles. The molecular weight excluding hydrogens is 228 g/mol. The van der Waals surface area contributed by atoms with Crippen LogP contribution in [0.1, 0.15) is 39.2 Å². The van der Waals surface area contributed by atoms with Gasteiger partial charge in [0.15, 0.2) is 11.5 Å². The summed E-state index contributed by atoms with van der Waals surface area (Å²) in [5.74, 6) is 2.18. The van der Waals surface area contributed by atoms with E-state index in [0.29, 0.717) is 24.9 Å². The molecule has 1 aromatic rings. The van der Waals surface area contributed by atoms with Crippen molar-refractivity contribution in [2.45, 2.75) is 40.2 Å². The van der Waals surface area contributed by atoms with Crippen LogP contribution in [0, 0.1) is 5.92 Å². The molecule has 0 heterocycles. The Morgan fingerprint density at radius 1 is 1.17 bits per heavy atom. The van der Waals surface area contributed by atoms with Gasteiger partial charge in [-0.2, -0.15) is 0 Å². The van der Waals surface area contributed by atoms with Crippen LogP contribution in [0.15, 0.2) is 18.2 Å². The highest BCUT2D eigenvalue weighted by Crippen LogP contribution is 2.28. The molecule has 0 aliphatic heterocycles. The summed E-state index contributed by atoms with van der Waals surface area (Å²) in [6.45, 7) is 7.68. The molecule has 102 valence electrons. The average molecular weight is 252 g/mol. The minimum Gasteiger partial charge on any atom is -0.490 e. The van der Waals surface area contributed by atoms with Crippen molar-refractivity contribution in [3.8, 4) is 11.5 Å². The molecule has 1 aromatic carbocycles. The molecule has 0 amide bonds. The van der Waals surface area contributed by atoms with E-state index in [1.54, 1.807) is 0 Å². The first-order valence-corrected chi connectivity index (χ1v) is 6.66. The van der Waals surface area contributed by atoms with Crippen molar-refractivity contribution < 1.29 is 14.6 Å². The maximum absolute atomic E-state index is 9.10. The molecule has 0 aliphatic carbocycles. The normalized spacial score (nSPS) is 10.7. The van der Waals surface area contributed by atoms with Gasteiger partial charge in [0.1, 0.15) is 0 Å². The highest BCUT2D eigenvalue weighted by molar-refractivity contribution is 5.42. The van der Waals surface area contributed by atoms with Gasteiger partial charge < -0.3 is 14.6 Å². The van der Waals surface area contributed by atoms with Gasteiger partial charge in [-0.3, -0.25) is 0 Å². The molecule has 0 atom stereocenters. The van der Waals surface area contributed by atoms with Gasteiger partial charge in [-0.05, 0) is 43.4 Å². The van der Waals surface area contributed by atoms with E-state index in [-0.39, 0.29) is 6.61 Å². The van der Waals surface area contributed by atoms with Gasteiger partial charge in [0.2, 0.25) is 0 Å². The fraction of sp³-hybridized carbons (Fsp3) is 0.600. The SMILES string of the molecule is CCOc1cc(CO)ccc1OCCCC(C)C. The molecule has 0 aromatic heterocycles. The molecule has 18 heavy (non-hydrogen) atoms. The summed E-state index contributed by atoms with van der Waals surface area (Å²) in [5, 5.41) is 9.10. The lowest BCUT2D eigenvalue weighted by Gasteiger charge is -2.13. The topological polar surface area (TPSA) is 38.7 Å². The fourth-order valence-corrected chi connectivity index (χ4v) is 1.71. The first kappa shape index (κ1) is 14.8. The Morgan fingerprint density at radius 2 is 1.94 bits per heavy atom. The Morgan fingerprint density at radius 3 is 2.56 bits per heavy atom. The first-order chi connectivity index (χ1) is 8.67. The van der Waals surface area contributed by atoms with Crippen LogP contribution in [-0.2, 0) is 6.61 Å². The molecule has 1 N–H and O–H groups in total. The Balaban J connectivity index is 2.57. The minimum atomic E-state index is 0.0215. The van der Waals surface area contributed by atoms with E-state index in [2.05, 4.69) is 13.8 Å². The quantitative estimate of drug-likeness (QED) is 0.721. The Labute approximate surface area is 110 Å². The number of aliphatic hydroxyl groups excluding tert-OH is 1. The smallest absolute Gasteiger partial charge is 0.161 e. The van der Waals surface area contributed by atoms with Crippen LogP contribution in [0.25, 0.3) is 0 Å². The summed E-state index contributed by atoms with van der Waals surface area (Å²) in [6.07, 6.45) is 2.21. The Bertz CT molecular complexity index is 348. The third kappa shape index (κ3) is 4.96. The van der Waals surface area contributed by atoms with E-state index in [9.17, 15) is 0 Å². The monoisotopic (exact) mass is 252 g/mol. The third-order valence-corrected chi connectivity index (χ3v) is 2.67. The van der Waals surface area contributed by atoms with E-state index in [0.717, 1.165) is 17.7 Å². The van der Waals surface area contributed by atoms with Crippen LogP contribution in [0.3, 0.4) is 0 Å². The molecule has 0 aliphatic rings. The van der Waals surface area contributed by atoms with E-state index in [1.165, 1.54) is 6.42 Å². The summed E-state index contributed by atoms with van der Waals surface area (Å²) in [5.41, 5.74) is 0.841. The second-order valence-electron chi connectivity index (χ2n) is 4.76. The molecule has 0 saturated carbocycles. The molecule has 0 spiro atoms. The number of rotatable bonds is 8. The van der Waals surface area contributed by atoms with Crippen LogP contribution in [0.2, 0.25) is 0 Å². The summed E-state index contributed by atoms with van der Waals surface area (Å²) >= 11 is 0.